The number of hydrogen-bond donors (Lipinski definition) is 3. The van der Waals surface area contributed by atoms with Gasteiger partial charge in [0.15, 0.2) is 11.0 Å². The van der Waals surface area contributed by atoms with Crippen LogP contribution in [0.15, 0.2) is 64.8 Å². The van der Waals surface area contributed by atoms with Gasteiger partial charge in [-0.2, -0.15) is 0 Å². The van der Waals surface area contributed by atoms with E-state index in [-0.39, 0.29) is 22.6 Å². The number of H-pyrrole nitrogens is 1. The van der Waals surface area contributed by atoms with Gasteiger partial charge in [0.25, 0.3) is 0 Å². The maximum absolute atomic E-state index is 12.6. The normalized spacial score (nSPS) is 14.9. The van der Waals surface area contributed by atoms with Crippen LogP contribution in [0.25, 0.3) is 22.3 Å². The Morgan fingerprint density at radius 1 is 1.21 bits per heavy atom. The van der Waals surface area contributed by atoms with Crippen LogP contribution >= 0.6 is 11.8 Å². The molecule has 4 N–H and O–H groups in total. The number of nitrogens with zero attached hydrogens (tertiary/aromatic N) is 3. The third kappa shape index (κ3) is 4.59. The van der Waals surface area contributed by atoms with Crippen LogP contribution in [0.2, 0.25) is 0 Å². The van der Waals surface area contributed by atoms with E-state index in [1.165, 1.54) is 23.9 Å². The predicted octanol–water partition coefficient (Wildman–Crippen LogP) is 3.38. The summed E-state index contributed by atoms with van der Waals surface area (Å²) < 4.78 is 25.0. The van der Waals surface area contributed by atoms with E-state index in [1.54, 1.807) is 12.1 Å². The van der Waals surface area contributed by atoms with E-state index in [0.717, 1.165) is 45.9 Å². The first-order valence-corrected chi connectivity index (χ1v) is 13.4. The van der Waals surface area contributed by atoms with Gasteiger partial charge in [0.1, 0.15) is 0 Å². The predicted molar refractivity (Wildman–Crippen MR) is 131 cm³/mol. The van der Waals surface area contributed by atoms with Crippen molar-refractivity contribution in [2.24, 2.45) is 5.14 Å². The van der Waals surface area contributed by atoms with Crippen molar-refractivity contribution in [2.75, 3.05) is 5.75 Å². The minimum absolute atomic E-state index is 0.0377. The summed E-state index contributed by atoms with van der Waals surface area (Å²) in [5.41, 5.74) is 2.83. The zero-order valence-corrected chi connectivity index (χ0v) is 20.1. The molecular weight excluding hydrogens is 472 g/mol. The molecule has 9 nitrogen and oxygen atoms in total. The van der Waals surface area contributed by atoms with E-state index >= 15 is 0 Å². The number of benzene rings is 2. The van der Waals surface area contributed by atoms with Gasteiger partial charge in [-0.05, 0) is 43.5 Å². The van der Waals surface area contributed by atoms with E-state index in [4.69, 9.17) is 5.14 Å². The number of carbonyl (C=O) groups excluding carboxylic acids is 1. The number of nitrogens with two attached hydrogens (primary N) is 1. The van der Waals surface area contributed by atoms with Crippen molar-refractivity contribution in [1.82, 2.24) is 25.1 Å². The maximum atomic E-state index is 12.6. The standard InChI is InChI=1S/C23H24N6O3S2/c1-14(15-6-10-17(11-7-15)34(24,31)32)26-21(30)13-33-23-28-27-22(29(23)16-8-9-16)19-12-25-20-5-3-2-4-18(19)20/h2-7,10-12,14,16,25H,8-9,13H2,1H3,(H,26,30)(H2,24,31,32)/t14-/m0/s1. The first-order chi connectivity index (χ1) is 16.3. The Hall–Kier alpha value is -3.15. The largest absolute Gasteiger partial charge is 0.360 e. The van der Waals surface area contributed by atoms with Crippen molar-refractivity contribution in [1.29, 1.82) is 0 Å². The molecule has 0 saturated heterocycles. The molecule has 0 radical (unpaired) electrons. The third-order valence-electron chi connectivity index (χ3n) is 5.83. The van der Waals surface area contributed by atoms with Crippen LogP contribution < -0.4 is 10.5 Å². The monoisotopic (exact) mass is 496 g/mol. The highest BCUT2D eigenvalue weighted by Gasteiger charge is 2.31. The molecule has 1 aliphatic carbocycles. The molecule has 2 aromatic heterocycles. The Labute approximate surface area is 201 Å². The van der Waals surface area contributed by atoms with Gasteiger partial charge in [-0.25, -0.2) is 13.6 Å². The quantitative estimate of drug-likeness (QED) is 0.320. The molecule has 1 fully saturated rings. The number of primary sulfonamides is 1. The molecule has 2 aromatic carbocycles. The van der Waals surface area contributed by atoms with Crippen molar-refractivity contribution in [3.8, 4) is 11.4 Å². The van der Waals surface area contributed by atoms with Crippen molar-refractivity contribution in [3.63, 3.8) is 0 Å². The number of sulfonamides is 1. The first kappa shape index (κ1) is 22.6. The van der Waals surface area contributed by atoms with Crippen LogP contribution in [-0.2, 0) is 14.8 Å². The fourth-order valence-corrected chi connectivity index (χ4v) is 5.25. The summed E-state index contributed by atoms with van der Waals surface area (Å²) in [6, 6.07) is 14.3. The highest BCUT2D eigenvalue weighted by molar-refractivity contribution is 7.99. The van der Waals surface area contributed by atoms with Gasteiger partial charge in [-0.3, -0.25) is 9.36 Å². The number of aromatic amines is 1. The number of carbonyl (C=O) groups is 1. The second-order valence-electron chi connectivity index (χ2n) is 8.35. The summed E-state index contributed by atoms with van der Waals surface area (Å²) in [5.74, 6) is 0.858. The third-order valence-corrected chi connectivity index (χ3v) is 7.70. The van der Waals surface area contributed by atoms with Crippen LogP contribution in [0.3, 0.4) is 0 Å². The molecule has 1 atom stereocenters. The zero-order chi connectivity index (χ0) is 23.9. The molecule has 176 valence electrons. The van der Waals surface area contributed by atoms with Gasteiger partial charge in [-0.15, -0.1) is 10.2 Å². The highest BCUT2D eigenvalue weighted by atomic mass is 32.2. The van der Waals surface area contributed by atoms with Crippen molar-refractivity contribution >= 4 is 38.6 Å². The Morgan fingerprint density at radius 3 is 2.65 bits per heavy atom. The van der Waals surface area contributed by atoms with Crippen LogP contribution in [0, 0.1) is 0 Å². The van der Waals surface area contributed by atoms with E-state index in [0.29, 0.717) is 6.04 Å². The van der Waals surface area contributed by atoms with E-state index in [9.17, 15) is 13.2 Å². The highest BCUT2D eigenvalue weighted by Crippen LogP contribution is 2.42. The van der Waals surface area contributed by atoms with Crippen LogP contribution in [0.1, 0.15) is 37.4 Å². The van der Waals surface area contributed by atoms with Crippen LogP contribution in [0.4, 0.5) is 0 Å². The second-order valence-corrected chi connectivity index (χ2v) is 10.9. The van der Waals surface area contributed by atoms with E-state index in [1.807, 2.05) is 31.3 Å². The van der Waals surface area contributed by atoms with Crippen molar-refractivity contribution in [3.05, 3.63) is 60.3 Å². The molecule has 0 spiro atoms. The molecular formula is C23H24N6O3S2. The lowest BCUT2D eigenvalue weighted by molar-refractivity contribution is -0.119. The SMILES string of the molecule is C[C@H](NC(=O)CSc1nnc(-c2c[nH]c3ccccc23)n1C1CC1)c1ccc(S(N)(=O)=O)cc1. The van der Waals surface area contributed by atoms with Gasteiger partial charge in [0, 0.05) is 28.7 Å². The van der Waals surface area contributed by atoms with Gasteiger partial charge >= 0.3 is 0 Å². The summed E-state index contributed by atoms with van der Waals surface area (Å²) in [4.78, 5) is 15.9. The molecule has 1 aliphatic rings. The number of nitrogens with one attached hydrogen (secondary N) is 2. The molecule has 4 aromatic rings. The Kier molecular flexibility index (Phi) is 5.92. The average Bonchev–Trinajstić information content (AvgIpc) is 3.43. The summed E-state index contributed by atoms with van der Waals surface area (Å²) in [6.45, 7) is 1.84. The Balaban J connectivity index is 1.28. The molecule has 0 bridgehead atoms. The fourth-order valence-electron chi connectivity index (χ4n) is 3.92. The Morgan fingerprint density at radius 2 is 1.94 bits per heavy atom. The van der Waals surface area contributed by atoms with E-state index in [2.05, 4.69) is 31.1 Å². The van der Waals surface area contributed by atoms with Crippen molar-refractivity contribution in [2.45, 2.75) is 41.9 Å². The smallest absolute Gasteiger partial charge is 0.238 e. The molecule has 34 heavy (non-hydrogen) atoms. The molecule has 1 amide bonds. The van der Waals surface area contributed by atoms with Gasteiger partial charge in [0.2, 0.25) is 15.9 Å². The molecule has 0 unspecified atom stereocenters. The molecule has 11 heteroatoms. The number of rotatable bonds is 8. The fraction of sp³-hybridized carbons (Fsp3) is 0.261. The number of thioether (sulfide) groups is 1. The van der Waals surface area contributed by atoms with Gasteiger partial charge < -0.3 is 10.3 Å². The second kappa shape index (κ2) is 8.90. The van der Waals surface area contributed by atoms with Gasteiger partial charge in [0.05, 0.1) is 16.7 Å². The number of hydrogen-bond acceptors (Lipinski definition) is 6. The molecule has 1 saturated carbocycles. The Bertz CT molecular complexity index is 1460. The van der Waals surface area contributed by atoms with Crippen LogP contribution in [-0.4, -0.2) is 39.8 Å². The summed E-state index contributed by atoms with van der Waals surface area (Å²) in [6.07, 6.45) is 4.09. The lowest BCUT2D eigenvalue weighted by Crippen LogP contribution is -2.28. The average molecular weight is 497 g/mol. The summed E-state index contributed by atoms with van der Waals surface area (Å²) in [7, 11) is -3.75. The maximum Gasteiger partial charge on any atom is 0.238 e. The van der Waals surface area contributed by atoms with E-state index < -0.39 is 10.0 Å². The summed E-state index contributed by atoms with van der Waals surface area (Å²) in [5, 5.41) is 18.8. The lowest BCUT2D eigenvalue weighted by atomic mass is 10.1. The van der Waals surface area contributed by atoms with Crippen LogP contribution in [0.5, 0.6) is 0 Å². The zero-order valence-electron chi connectivity index (χ0n) is 18.4. The number of aromatic nitrogens is 4. The summed E-state index contributed by atoms with van der Waals surface area (Å²) >= 11 is 1.36. The minimum Gasteiger partial charge on any atom is -0.360 e. The lowest BCUT2D eigenvalue weighted by Gasteiger charge is -2.15. The van der Waals surface area contributed by atoms with Crippen molar-refractivity contribution < 1.29 is 13.2 Å². The number of para-hydroxylation sites is 1. The topological polar surface area (TPSA) is 136 Å². The number of fused-ring (bicyclic) bond motifs is 1. The molecule has 5 rings (SSSR count). The number of amides is 1. The first-order valence-electron chi connectivity index (χ1n) is 10.9. The minimum atomic E-state index is -3.75. The van der Waals surface area contributed by atoms with Gasteiger partial charge in [-0.1, -0.05) is 42.1 Å². The molecule has 0 aliphatic heterocycles. The molecule has 2 heterocycles.